The van der Waals surface area contributed by atoms with Crippen LogP contribution in [0.2, 0.25) is 0 Å². The third kappa shape index (κ3) is 4.45. The first-order valence-corrected chi connectivity index (χ1v) is 9.63. The molecule has 0 aromatic heterocycles. The summed E-state index contributed by atoms with van der Waals surface area (Å²) in [5, 5.41) is 2.69. The van der Waals surface area contributed by atoms with Crippen LogP contribution in [0.3, 0.4) is 0 Å². The van der Waals surface area contributed by atoms with Crippen LogP contribution in [0.5, 0.6) is 0 Å². The van der Waals surface area contributed by atoms with Crippen LogP contribution >= 0.6 is 0 Å². The van der Waals surface area contributed by atoms with Crippen LogP contribution in [0.15, 0.2) is 48.5 Å². The molecule has 2 aliphatic rings. The maximum Gasteiger partial charge on any atom is 0.310 e. The Balaban J connectivity index is 1.27. The molecule has 6 nitrogen and oxygen atoms in total. The van der Waals surface area contributed by atoms with Crippen LogP contribution in [-0.4, -0.2) is 30.9 Å². The van der Waals surface area contributed by atoms with E-state index < -0.39 is 11.9 Å². The van der Waals surface area contributed by atoms with Gasteiger partial charge in [0.25, 0.3) is 5.91 Å². The number of halogens is 1. The van der Waals surface area contributed by atoms with E-state index in [0.717, 1.165) is 17.7 Å². The molecule has 2 aromatic rings. The Morgan fingerprint density at radius 2 is 1.97 bits per heavy atom. The highest BCUT2D eigenvalue weighted by molar-refractivity contribution is 5.97. The molecule has 1 heterocycles. The van der Waals surface area contributed by atoms with Gasteiger partial charge >= 0.3 is 5.97 Å². The molecule has 1 aliphatic heterocycles. The number of benzene rings is 2. The zero-order valence-electron chi connectivity index (χ0n) is 15.8. The Bertz CT molecular complexity index is 944. The van der Waals surface area contributed by atoms with E-state index >= 15 is 0 Å². The van der Waals surface area contributed by atoms with Crippen LogP contribution in [0.25, 0.3) is 0 Å². The van der Waals surface area contributed by atoms with Crippen molar-refractivity contribution in [3.8, 4) is 0 Å². The predicted octanol–water partition coefficient (Wildman–Crippen LogP) is 3.24. The molecular weight excluding hydrogens is 375 g/mol. The van der Waals surface area contributed by atoms with Gasteiger partial charge in [-0.05, 0) is 54.7 Å². The number of nitrogens with one attached hydrogen (secondary N) is 1. The maximum atomic E-state index is 13.0. The molecule has 1 N–H and O–H groups in total. The van der Waals surface area contributed by atoms with Crippen molar-refractivity contribution in [2.24, 2.45) is 5.92 Å². The van der Waals surface area contributed by atoms with Crippen LogP contribution in [0, 0.1) is 11.7 Å². The molecule has 7 heteroatoms. The quantitative estimate of drug-likeness (QED) is 0.761. The van der Waals surface area contributed by atoms with Crippen molar-refractivity contribution in [3.05, 3.63) is 59.9 Å². The van der Waals surface area contributed by atoms with Crippen molar-refractivity contribution < 1.29 is 23.5 Å². The van der Waals surface area contributed by atoms with E-state index in [4.69, 9.17) is 4.74 Å². The third-order valence-electron chi connectivity index (χ3n) is 5.25. The fourth-order valence-corrected chi connectivity index (χ4v) is 3.65. The van der Waals surface area contributed by atoms with Crippen LogP contribution in [-0.2, 0) is 19.1 Å². The van der Waals surface area contributed by atoms with Crippen molar-refractivity contribution >= 4 is 29.2 Å². The molecule has 2 amide bonds. The second-order valence-corrected chi connectivity index (χ2v) is 7.36. The van der Waals surface area contributed by atoms with Crippen molar-refractivity contribution in [2.75, 3.05) is 23.4 Å². The molecule has 150 valence electrons. The predicted molar refractivity (Wildman–Crippen MR) is 105 cm³/mol. The lowest BCUT2D eigenvalue weighted by molar-refractivity contribution is -0.148. The van der Waals surface area contributed by atoms with Gasteiger partial charge in [0.1, 0.15) is 5.82 Å². The number of amides is 2. The molecule has 1 saturated heterocycles. The second-order valence-electron chi connectivity index (χ2n) is 7.36. The van der Waals surface area contributed by atoms with E-state index in [9.17, 15) is 18.8 Å². The van der Waals surface area contributed by atoms with Gasteiger partial charge in [0, 0.05) is 24.3 Å². The molecule has 2 unspecified atom stereocenters. The normalized spacial score (nSPS) is 20.4. The topological polar surface area (TPSA) is 75.7 Å². The average molecular weight is 396 g/mol. The summed E-state index contributed by atoms with van der Waals surface area (Å²) < 4.78 is 18.1. The summed E-state index contributed by atoms with van der Waals surface area (Å²) in [6, 6.07) is 13.1. The summed E-state index contributed by atoms with van der Waals surface area (Å²) in [6.45, 7) is 0.294. The highest BCUT2D eigenvalue weighted by Gasteiger charge is 2.45. The third-order valence-corrected chi connectivity index (χ3v) is 5.25. The molecule has 1 aliphatic carbocycles. The van der Waals surface area contributed by atoms with E-state index in [1.54, 1.807) is 35.2 Å². The zero-order chi connectivity index (χ0) is 20.4. The van der Waals surface area contributed by atoms with Crippen molar-refractivity contribution in [2.45, 2.75) is 25.2 Å². The van der Waals surface area contributed by atoms with Gasteiger partial charge in [-0.2, -0.15) is 0 Å². The SMILES string of the molecule is O=C(COC(=O)C1CC1c1ccc(F)cc1)Nc1cccc(N2CCCC2=O)c1. The minimum absolute atomic E-state index is 0.0147. The molecule has 4 rings (SSSR count). The first-order valence-electron chi connectivity index (χ1n) is 9.63. The molecule has 2 aromatic carbocycles. The van der Waals surface area contributed by atoms with E-state index in [2.05, 4.69) is 5.32 Å². The number of hydrogen-bond acceptors (Lipinski definition) is 4. The number of rotatable bonds is 6. The highest BCUT2D eigenvalue weighted by atomic mass is 19.1. The monoisotopic (exact) mass is 396 g/mol. The first kappa shape index (κ1) is 19.1. The molecule has 0 spiro atoms. The Labute approximate surface area is 167 Å². The van der Waals surface area contributed by atoms with Crippen molar-refractivity contribution in [1.82, 2.24) is 0 Å². The molecule has 0 bridgehead atoms. The number of anilines is 2. The lowest BCUT2D eigenvalue weighted by Crippen LogP contribution is -2.24. The summed E-state index contributed by atoms with van der Waals surface area (Å²) in [5.41, 5.74) is 2.17. The van der Waals surface area contributed by atoms with Crippen LogP contribution in [0.4, 0.5) is 15.8 Å². The highest BCUT2D eigenvalue weighted by Crippen LogP contribution is 2.48. The summed E-state index contributed by atoms with van der Waals surface area (Å²) in [5.74, 6) is -1.39. The van der Waals surface area contributed by atoms with Crippen molar-refractivity contribution in [3.63, 3.8) is 0 Å². The van der Waals surface area contributed by atoms with Gasteiger partial charge in [-0.25, -0.2) is 4.39 Å². The van der Waals surface area contributed by atoms with E-state index in [1.165, 1.54) is 12.1 Å². The van der Waals surface area contributed by atoms with Gasteiger partial charge in [0.2, 0.25) is 5.91 Å². The van der Waals surface area contributed by atoms with Gasteiger partial charge in [0.15, 0.2) is 6.61 Å². The Kier molecular flexibility index (Phi) is 5.29. The summed E-state index contributed by atoms with van der Waals surface area (Å²) >= 11 is 0. The Hall–Kier alpha value is -3.22. The molecule has 2 atom stereocenters. The fourth-order valence-electron chi connectivity index (χ4n) is 3.65. The number of carbonyl (C=O) groups excluding carboxylic acids is 3. The Morgan fingerprint density at radius 1 is 1.17 bits per heavy atom. The number of ether oxygens (including phenoxy) is 1. The summed E-state index contributed by atoms with van der Waals surface area (Å²) in [4.78, 5) is 37.8. The van der Waals surface area contributed by atoms with Gasteiger partial charge in [-0.1, -0.05) is 18.2 Å². The molecule has 29 heavy (non-hydrogen) atoms. The van der Waals surface area contributed by atoms with Gasteiger partial charge in [-0.3, -0.25) is 14.4 Å². The average Bonchev–Trinajstić information content (AvgIpc) is 3.40. The van der Waals surface area contributed by atoms with Crippen LogP contribution < -0.4 is 10.2 Å². The molecule has 2 fully saturated rings. The minimum atomic E-state index is -0.442. The smallest absolute Gasteiger partial charge is 0.310 e. The van der Waals surface area contributed by atoms with E-state index in [1.807, 2.05) is 6.07 Å². The first-order chi connectivity index (χ1) is 14.0. The molecule has 1 saturated carbocycles. The number of carbonyl (C=O) groups is 3. The lowest BCUT2D eigenvalue weighted by Gasteiger charge is -2.16. The number of nitrogens with zero attached hydrogens (tertiary/aromatic N) is 1. The standard InChI is InChI=1S/C22H21FN2O4/c23-15-8-6-14(7-9-15)18-12-19(18)22(28)29-13-20(26)24-16-3-1-4-17(11-16)25-10-2-5-21(25)27/h1,3-4,6-9,11,18-19H,2,5,10,12-13H2,(H,24,26). The fraction of sp³-hybridized carbons (Fsp3) is 0.318. The Morgan fingerprint density at radius 3 is 2.69 bits per heavy atom. The molecular formula is C22H21FN2O4. The van der Waals surface area contributed by atoms with Crippen molar-refractivity contribution in [1.29, 1.82) is 0 Å². The lowest BCUT2D eigenvalue weighted by atomic mass is 10.1. The molecule has 0 radical (unpaired) electrons. The largest absolute Gasteiger partial charge is 0.455 e. The second kappa shape index (κ2) is 8.03. The van der Waals surface area contributed by atoms with Crippen LogP contribution in [0.1, 0.15) is 30.7 Å². The number of esters is 1. The van der Waals surface area contributed by atoms with Gasteiger partial charge < -0.3 is 15.0 Å². The van der Waals surface area contributed by atoms with Gasteiger partial charge in [0.05, 0.1) is 5.92 Å². The maximum absolute atomic E-state index is 13.0. The zero-order valence-corrected chi connectivity index (χ0v) is 15.8. The van der Waals surface area contributed by atoms with Gasteiger partial charge in [-0.15, -0.1) is 0 Å². The van der Waals surface area contributed by atoms with E-state index in [0.29, 0.717) is 25.1 Å². The number of hydrogen-bond donors (Lipinski definition) is 1. The summed E-state index contributed by atoms with van der Waals surface area (Å²) in [7, 11) is 0. The van der Waals surface area contributed by atoms with E-state index in [-0.39, 0.29) is 30.2 Å². The summed E-state index contributed by atoms with van der Waals surface area (Å²) in [6.07, 6.45) is 2.00. The minimum Gasteiger partial charge on any atom is -0.455 e.